The summed E-state index contributed by atoms with van der Waals surface area (Å²) in [5, 5.41) is 0. The molecule has 0 aliphatic rings. The van der Waals surface area contributed by atoms with Gasteiger partial charge in [0.1, 0.15) is 11.6 Å². The molecule has 0 saturated heterocycles. The Morgan fingerprint density at radius 1 is 1.40 bits per heavy atom. The first-order valence-electron chi connectivity index (χ1n) is 4.56. The Bertz CT molecular complexity index is 479. The molecule has 3 nitrogen and oxygen atoms in total. The maximum atomic E-state index is 5.13. The van der Waals surface area contributed by atoms with E-state index in [1.54, 1.807) is 7.11 Å². The SMILES string of the molecule is COc1ccc(-c2ncc(C)[nH]2)c(Br)c1. The zero-order valence-electron chi connectivity index (χ0n) is 8.54. The Kier molecular flexibility index (Phi) is 2.77. The second kappa shape index (κ2) is 4.06. The monoisotopic (exact) mass is 266 g/mol. The number of aromatic nitrogens is 2. The van der Waals surface area contributed by atoms with Crippen LogP contribution in [0.4, 0.5) is 0 Å². The molecule has 0 fully saturated rings. The molecular formula is C11H11BrN2O. The fourth-order valence-corrected chi connectivity index (χ4v) is 1.91. The standard InChI is InChI=1S/C11H11BrN2O/c1-7-6-13-11(14-7)9-4-3-8(15-2)5-10(9)12/h3-6H,1-2H3,(H,13,14). The fourth-order valence-electron chi connectivity index (χ4n) is 1.36. The van der Waals surface area contributed by atoms with Crippen LogP contribution in [-0.4, -0.2) is 17.1 Å². The van der Waals surface area contributed by atoms with Crippen LogP contribution in [0.3, 0.4) is 0 Å². The Morgan fingerprint density at radius 2 is 2.20 bits per heavy atom. The van der Waals surface area contributed by atoms with Crippen molar-refractivity contribution in [3.63, 3.8) is 0 Å². The zero-order valence-corrected chi connectivity index (χ0v) is 10.1. The Balaban J connectivity index is 2.45. The van der Waals surface area contributed by atoms with Gasteiger partial charge in [-0.2, -0.15) is 0 Å². The van der Waals surface area contributed by atoms with Crippen LogP contribution in [0.5, 0.6) is 5.75 Å². The number of benzene rings is 1. The van der Waals surface area contributed by atoms with Crippen molar-refractivity contribution >= 4 is 15.9 Å². The van der Waals surface area contributed by atoms with Crippen LogP contribution >= 0.6 is 15.9 Å². The van der Waals surface area contributed by atoms with Gasteiger partial charge in [-0.3, -0.25) is 0 Å². The maximum Gasteiger partial charge on any atom is 0.138 e. The van der Waals surface area contributed by atoms with Gasteiger partial charge in [0.25, 0.3) is 0 Å². The molecule has 0 radical (unpaired) electrons. The summed E-state index contributed by atoms with van der Waals surface area (Å²) in [5.74, 6) is 1.69. The van der Waals surface area contributed by atoms with E-state index >= 15 is 0 Å². The zero-order chi connectivity index (χ0) is 10.8. The lowest BCUT2D eigenvalue weighted by Crippen LogP contribution is -1.86. The molecule has 0 atom stereocenters. The van der Waals surface area contributed by atoms with Gasteiger partial charge < -0.3 is 9.72 Å². The summed E-state index contributed by atoms with van der Waals surface area (Å²) >= 11 is 3.49. The number of H-pyrrole nitrogens is 1. The largest absolute Gasteiger partial charge is 0.497 e. The van der Waals surface area contributed by atoms with Gasteiger partial charge in [0.15, 0.2) is 0 Å². The quantitative estimate of drug-likeness (QED) is 0.907. The molecule has 0 saturated carbocycles. The van der Waals surface area contributed by atoms with Crippen LogP contribution in [0.25, 0.3) is 11.4 Å². The summed E-state index contributed by atoms with van der Waals surface area (Å²) in [6, 6.07) is 5.81. The molecule has 0 amide bonds. The van der Waals surface area contributed by atoms with Gasteiger partial charge in [0.05, 0.1) is 7.11 Å². The third-order valence-electron chi connectivity index (χ3n) is 2.13. The normalized spacial score (nSPS) is 10.3. The third-order valence-corrected chi connectivity index (χ3v) is 2.79. The van der Waals surface area contributed by atoms with Gasteiger partial charge in [-0.15, -0.1) is 0 Å². The maximum absolute atomic E-state index is 5.13. The van der Waals surface area contributed by atoms with Crippen molar-refractivity contribution in [1.29, 1.82) is 0 Å². The summed E-state index contributed by atoms with van der Waals surface area (Å²) in [6.07, 6.45) is 1.81. The minimum absolute atomic E-state index is 0.828. The molecule has 1 heterocycles. The topological polar surface area (TPSA) is 37.9 Å². The van der Waals surface area contributed by atoms with E-state index in [4.69, 9.17) is 4.74 Å². The second-order valence-electron chi connectivity index (χ2n) is 3.26. The van der Waals surface area contributed by atoms with Gasteiger partial charge in [-0.05, 0) is 41.1 Å². The number of hydrogen-bond donors (Lipinski definition) is 1. The second-order valence-corrected chi connectivity index (χ2v) is 4.11. The Labute approximate surface area is 96.6 Å². The van der Waals surface area contributed by atoms with Crippen molar-refractivity contribution in [3.8, 4) is 17.1 Å². The number of nitrogens with zero attached hydrogens (tertiary/aromatic N) is 1. The van der Waals surface area contributed by atoms with Gasteiger partial charge in [0, 0.05) is 21.9 Å². The van der Waals surface area contributed by atoms with E-state index in [1.807, 2.05) is 31.3 Å². The van der Waals surface area contributed by atoms with E-state index in [-0.39, 0.29) is 0 Å². The van der Waals surface area contributed by atoms with Crippen molar-refractivity contribution in [2.24, 2.45) is 0 Å². The van der Waals surface area contributed by atoms with Gasteiger partial charge in [-0.1, -0.05) is 0 Å². The highest BCUT2D eigenvalue weighted by atomic mass is 79.9. The molecule has 78 valence electrons. The summed E-state index contributed by atoms with van der Waals surface area (Å²) < 4.78 is 6.10. The lowest BCUT2D eigenvalue weighted by Gasteiger charge is -2.04. The number of hydrogen-bond acceptors (Lipinski definition) is 2. The highest BCUT2D eigenvalue weighted by Gasteiger charge is 2.07. The van der Waals surface area contributed by atoms with Crippen molar-refractivity contribution in [2.75, 3.05) is 7.11 Å². The summed E-state index contributed by atoms with van der Waals surface area (Å²) in [4.78, 5) is 7.46. The van der Waals surface area contributed by atoms with E-state index in [0.717, 1.165) is 27.3 Å². The lowest BCUT2D eigenvalue weighted by molar-refractivity contribution is 0.414. The molecule has 4 heteroatoms. The van der Waals surface area contributed by atoms with Crippen molar-refractivity contribution in [2.45, 2.75) is 6.92 Å². The molecule has 0 unspecified atom stereocenters. The van der Waals surface area contributed by atoms with Crippen molar-refractivity contribution in [3.05, 3.63) is 34.6 Å². The third kappa shape index (κ3) is 2.04. The lowest BCUT2D eigenvalue weighted by atomic mass is 10.2. The Hall–Kier alpha value is -1.29. The number of rotatable bonds is 2. The molecule has 2 rings (SSSR count). The van der Waals surface area contributed by atoms with E-state index < -0.39 is 0 Å². The predicted molar refractivity (Wildman–Crippen MR) is 63.0 cm³/mol. The number of ether oxygens (including phenoxy) is 1. The first kappa shape index (κ1) is 10.2. The number of halogens is 1. The van der Waals surface area contributed by atoms with E-state index in [9.17, 15) is 0 Å². The Morgan fingerprint density at radius 3 is 2.73 bits per heavy atom. The van der Waals surface area contributed by atoms with Crippen molar-refractivity contribution < 1.29 is 4.74 Å². The summed E-state index contributed by atoms with van der Waals surface area (Å²) in [5.41, 5.74) is 2.08. The smallest absolute Gasteiger partial charge is 0.138 e. The van der Waals surface area contributed by atoms with Gasteiger partial charge in [0.2, 0.25) is 0 Å². The highest BCUT2D eigenvalue weighted by Crippen LogP contribution is 2.29. The number of nitrogens with one attached hydrogen (secondary N) is 1. The van der Waals surface area contributed by atoms with Crippen LogP contribution in [0.1, 0.15) is 5.69 Å². The molecule has 2 aromatic rings. The number of aryl methyl sites for hydroxylation is 1. The van der Waals surface area contributed by atoms with E-state index in [2.05, 4.69) is 25.9 Å². The number of methoxy groups -OCH3 is 1. The molecule has 0 spiro atoms. The fraction of sp³-hybridized carbons (Fsp3) is 0.182. The highest BCUT2D eigenvalue weighted by molar-refractivity contribution is 9.10. The molecule has 0 bridgehead atoms. The molecule has 1 aromatic carbocycles. The van der Waals surface area contributed by atoms with Gasteiger partial charge in [-0.25, -0.2) is 4.98 Å². The van der Waals surface area contributed by atoms with E-state index in [1.165, 1.54) is 0 Å². The van der Waals surface area contributed by atoms with Crippen LogP contribution < -0.4 is 4.74 Å². The van der Waals surface area contributed by atoms with Crippen LogP contribution in [0, 0.1) is 6.92 Å². The average Bonchev–Trinajstić information content (AvgIpc) is 2.64. The minimum Gasteiger partial charge on any atom is -0.497 e. The molecule has 15 heavy (non-hydrogen) atoms. The first-order valence-corrected chi connectivity index (χ1v) is 5.35. The summed E-state index contributed by atoms with van der Waals surface area (Å²) in [6.45, 7) is 1.98. The van der Waals surface area contributed by atoms with E-state index in [0.29, 0.717) is 0 Å². The minimum atomic E-state index is 0.828. The first-order chi connectivity index (χ1) is 7.20. The number of imidazole rings is 1. The number of aromatic amines is 1. The van der Waals surface area contributed by atoms with Crippen LogP contribution in [0.15, 0.2) is 28.9 Å². The predicted octanol–water partition coefficient (Wildman–Crippen LogP) is 3.16. The molecule has 1 aromatic heterocycles. The van der Waals surface area contributed by atoms with Crippen LogP contribution in [0.2, 0.25) is 0 Å². The molecular weight excluding hydrogens is 256 g/mol. The molecule has 0 aliphatic heterocycles. The van der Waals surface area contributed by atoms with Crippen LogP contribution in [-0.2, 0) is 0 Å². The van der Waals surface area contributed by atoms with Gasteiger partial charge >= 0.3 is 0 Å². The summed E-state index contributed by atoms with van der Waals surface area (Å²) in [7, 11) is 1.65. The molecule has 0 aliphatic carbocycles. The van der Waals surface area contributed by atoms with Crippen molar-refractivity contribution in [1.82, 2.24) is 9.97 Å². The average molecular weight is 267 g/mol. The molecule has 1 N–H and O–H groups in total.